The molecule has 1 amide bonds. The first kappa shape index (κ1) is 14.1. The highest BCUT2D eigenvalue weighted by molar-refractivity contribution is 7.98. The molecule has 0 fully saturated rings. The molecule has 0 radical (unpaired) electrons. The van der Waals surface area contributed by atoms with Crippen molar-refractivity contribution in [3.63, 3.8) is 0 Å². The Morgan fingerprint density at radius 2 is 2.24 bits per heavy atom. The van der Waals surface area contributed by atoms with Gasteiger partial charge in [0.2, 0.25) is 0 Å². The molecule has 1 atom stereocenters. The average molecular weight is 253 g/mol. The van der Waals surface area contributed by atoms with Crippen molar-refractivity contribution in [2.24, 2.45) is 0 Å². The van der Waals surface area contributed by atoms with E-state index in [1.54, 1.807) is 25.8 Å². The molecule has 4 heteroatoms. The molecule has 0 aliphatic heterocycles. The number of carbonyl (C=O) groups excluding carboxylic acids is 1. The van der Waals surface area contributed by atoms with Crippen LogP contribution in [-0.4, -0.2) is 24.9 Å². The molecule has 1 N–H and O–H groups in total. The lowest BCUT2D eigenvalue weighted by Gasteiger charge is -2.25. The zero-order chi connectivity index (χ0) is 12.9. The van der Waals surface area contributed by atoms with E-state index in [0.29, 0.717) is 6.42 Å². The number of methoxy groups -OCH3 is 1. The smallest absolute Gasteiger partial charge is 0.256 e. The quantitative estimate of drug-likeness (QED) is 0.819. The van der Waals surface area contributed by atoms with Gasteiger partial charge in [0.15, 0.2) is 0 Å². The van der Waals surface area contributed by atoms with Crippen LogP contribution in [-0.2, 0) is 9.53 Å². The van der Waals surface area contributed by atoms with Gasteiger partial charge in [-0.2, -0.15) is 0 Å². The Balaban J connectivity index is 2.80. The monoisotopic (exact) mass is 253 g/mol. The molecule has 1 aromatic carbocycles. The third-order valence-corrected chi connectivity index (χ3v) is 3.66. The van der Waals surface area contributed by atoms with Gasteiger partial charge in [-0.3, -0.25) is 4.79 Å². The van der Waals surface area contributed by atoms with Gasteiger partial charge in [-0.15, -0.1) is 11.8 Å². The maximum absolute atomic E-state index is 12.1. The maximum atomic E-state index is 12.1. The number of amides is 1. The maximum Gasteiger partial charge on any atom is 0.256 e. The fraction of sp³-hybridized carbons (Fsp3) is 0.462. The standard InChI is InChI=1S/C13H19NO2S/c1-5-13(2,16-3)12(15)14-10-7-6-8-11(9-10)17-4/h6-9H,5H2,1-4H3,(H,14,15). The van der Waals surface area contributed by atoms with Gasteiger partial charge in [0.1, 0.15) is 5.60 Å². The van der Waals surface area contributed by atoms with E-state index in [0.717, 1.165) is 10.6 Å². The van der Waals surface area contributed by atoms with Crippen molar-refractivity contribution >= 4 is 23.4 Å². The van der Waals surface area contributed by atoms with E-state index >= 15 is 0 Å². The highest BCUT2D eigenvalue weighted by atomic mass is 32.2. The van der Waals surface area contributed by atoms with Crippen LogP contribution in [0.4, 0.5) is 5.69 Å². The summed E-state index contributed by atoms with van der Waals surface area (Å²) in [6.45, 7) is 3.72. The molecule has 0 aromatic heterocycles. The summed E-state index contributed by atoms with van der Waals surface area (Å²) in [7, 11) is 1.56. The zero-order valence-corrected chi connectivity index (χ0v) is 11.6. The number of nitrogens with one attached hydrogen (secondary N) is 1. The van der Waals surface area contributed by atoms with Crippen LogP contribution in [0.15, 0.2) is 29.2 Å². The first-order valence-corrected chi connectivity index (χ1v) is 6.79. The molecular weight excluding hydrogens is 234 g/mol. The van der Waals surface area contributed by atoms with Crippen LogP contribution in [0.25, 0.3) is 0 Å². The highest BCUT2D eigenvalue weighted by Crippen LogP contribution is 2.21. The van der Waals surface area contributed by atoms with E-state index in [1.165, 1.54) is 0 Å². The van der Waals surface area contributed by atoms with E-state index in [9.17, 15) is 4.79 Å². The lowest BCUT2D eigenvalue weighted by molar-refractivity contribution is -0.136. The number of thioether (sulfide) groups is 1. The summed E-state index contributed by atoms with van der Waals surface area (Å²) in [6, 6.07) is 7.77. The van der Waals surface area contributed by atoms with Crippen LogP contribution < -0.4 is 5.32 Å². The van der Waals surface area contributed by atoms with Crippen LogP contribution in [0.5, 0.6) is 0 Å². The summed E-state index contributed by atoms with van der Waals surface area (Å²) in [4.78, 5) is 13.2. The van der Waals surface area contributed by atoms with Gasteiger partial charge in [-0.25, -0.2) is 0 Å². The molecule has 0 heterocycles. The van der Waals surface area contributed by atoms with E-state index in [1.807, 2.05) is 37.4 Å². The Kier molecular flexibility index (Phi) is 5.02. The number of carbonyl (C=O) groups is 1. The number of ether oxygens (including phenoxy) is 1. The minimum Gasteiger partial charge on any atom is -0.369 e. The topological polar surface area (TPSA) is 38.3 Å². The Labute approximate surface area is 107 Å². The Morgan fingerprint density at radius 1 is 1.53 bits per heavy atom. The van der Waals surface area contributed by atoms with Crippen LogP contribution in [0.1, 0.15) is 20.3 Å². The SMILES string of the molecule is CCC(C)(OC)C(=O)Nc1cccc(SC)c1. The van der Waals surface area contributed by atoms with Gasteiger partial charge >= 0.3 is 0 Å². The first-order chi connectivity index (χ1) is 8.05. The van der Waals surface area contributed by atoms with E-state index in [-0.39, 0.29) is 5.91 Å². The van der Waals surface area contributed by atoms with Crippen molar-refractivity contribution in [3.05, 3.63) is 24.3 Å². The minimum absolute atomic E-state index is 0.110. The number of hydrogen-bond donors (Lipinski definition) is 1. The first-order valence-electron chi connectivity index (χ1n) is 5.56. The molecule has 0 aliphatic carbocycles. The zero-order valence-electron chi connectivity index (χ0n) is 10.7. The second kappa shape index (κ2) is 6.07. The molecule has 3 nitrogen and oxygen atoms in total. The third kappa shape index (κ3) is 3.48. The Morgan fingerprint density at radius 3 is 2.76 bits per heavy atom. The number of rotatable bonds is 5. The van der Waals surface area contributed by atoms with Crippen molar-refractivity contribution in [3.8, 4) is 0 Å². The van der Waals surface area contributed by atoms with E-state index in [2.05, 4.69) is 5.32 Å². The van der Waals surface area contributed by atoms with Crippen LogP contribution in [0, 0.1) is 0 Å². The molecule has 1 aromatic rings. The fourth-order valence-electron chi connectivity index (χ4n) is 1.36. The van der Waals surface area contributed by atoms with Crippen molar-refractivity contribution < 1.29 is 9.53 Å². The largest absolute Gasteiger partial charge is 0.369 e. The summed E-state index contributed by atoms with van der Waals surface area (Å²) < 4.78 is 5.26. The summed E-state index contributed by atoms with van der Waals surface area (Å²) in [6.07, 6.45) is 2.64. The van der Waals surface area contributed by atoms with Crippen molar-refractivity contribution in [1.82, 2.24) is 0 Å². The summed E-state index contributed by atoms with van der Waals surface area (Å²) in [5.74, 6) is -0.110. The molecule has 0 spiro atoms. The van der Waals surface area contributed by atoms with Gasteiger partial charge in [0.05, 0.1) is 0 Å². The molecular formula is C13H19NO2S. The summed E-state index contributed by atoms with van der Waals surface area (Å²) >= 11 is 1.65. The molecule has 1 unspecified atom stereocenters. The van der Waals surface area contributed by atoms with Gasteiger partial charge in [-0.05, 0) is 37.8 Å². The molecule has 0 aliphatic rings. The van der Waals surface area contributed by atoms with Crippen molar-refractivity contribution in [2.75, 3.05) is 18.7 Å². The summed E-state index contributed by atoms with van der Waals surface area (Å²) in [5.41, 5.74) is 0.0357. The minimum atomic E-state index is -0.768. The van der Waals surface area contributed by atoms with E-state index < -0.39 is 5.60 Å². The molecule has 1 rings (SSSR count). The molecule has 17 heavy (non-hydrogen) atoms. The van der Waals surface area contributed by atoms with Gasteiger partial charge in [0.25, 0.3) is 5.91 Å². The Hall–Kier alpha value is -1.00. The van der Waals surface area contributed by atoms with Crippen LogP contribution in [0.3, 0.4) is 0 Å². The number of anilines is 1. The second-order valence-corrected chi connectivity index (χ2v) is 4.85. The predicted octanol–water partition coefficient (Wildman–Crippen LogP) is 3.16. The molecule has 0 bridgehead atoms. The highest BCUT2D eigenvalue weighted by Gasteiger charge is 2.30. The molecule has 0 saturated heterocycles. The van der Waals surface area contributed by atoms with Gasteiger partial charge in [0, 0.05) is 17.7 Å². The third-order valence-electron chi connectivity index (χ3n) is 2.93. The Bertz CT molecular complexity index is 389. The number of hydrogen-bond acceptors (Lipinski definition) is 3. The molecule has 94 valence electrons. The van der Waals surface area contributed by atoms with Gasteiger partial charge < -0.3 is 10.1 Å². The normalized spacial score (nSPS) is 14.1. The van der Waals surface area contributed by atoms with Crippen LogP contribution >= 0.6 is 11.8 Å². The average Bonchev–Trinajstić information content (AvgIpc) is 2.37. The lowest BCUT2D eigenvalue weighted by Crippen LogP contribution is -2.41. The van der Waals surface area contributed by atoms with Crippen LogP contribution in [0.2, 0.25) is 0 Å². The number of benzene rings is 1. The van der Waals surface area contributed by atoms with Crippen molar-refractivity contribution in [2.45, 2.75) is 30.8 Å². The lowest BCUT2D eigenvalue weighted by atomic mass is 10.0. The fourth-order valence-corrected chi connectivity index (χ4v) is 1.82. The molecule has 0 saturated carbocycles. The summed E-state index contributed by atoms with van der Waals surface area (Å²) in [5, 5.41) is 2.88. The van der Waals surface area contributed by atoms with Gasteiger partial charge in [-0.1, -0.05) is 13.0 Å². The predicted molar refractivity (Wildman–Crippen MR) is 72.6 cm³/mol. The van der Waals surface area contributed by atoms with E-state index in [4.69, 9.17) is 4.74 Å². The van der Waals surface area contributed by atoms with Crippen molar-refractivity contribution in [1.29, 1.82) is 0 Å². The second-order valence-electron chi connectivity index (χ2n) is 3.97.